The van der Waals surface area contributed by atoms with Gasteiger partial charge in [0.2, 0.25) is 11.8 Å². The molecule has 0 aromatic carbocycles. The lowest BCUT2D eigenvalue weighted by Crippen LogP contribution is -2.64. The van der Waals surface area contributed by atoms with E-state index in [1.807, 2.05) is 50.5 Å². The first-order valence-electron chi connectivity index (χ1n) is 8.40. The summed E-state index contributed by atoms with van der Waals surface area (Å²) in [5.74, 6) is 0.317. The van der Waals surface area contributed by atoms with E-state index in [1.54, 1.807) is 22.7 Å². The Labute approximate surface area is 155 Å². The van der Waals surface area contributed by atoms with E-state index >= 15 is 0 Å². The fraction of sp³-hybridized carbons (Fsp3) is 0.444. The molecule has 2 aliphatic heterocycles. The SMILES string of the molecule is CN1CC(=O)N(c2ccsc2)C[C@@]12CCN(C(=O)Cc1ccsc1)C2. The second kappa shape index (κ2) is 6.55. The Hall–Kier alpha value is -1.70. The highest BCUT2D eigenvalue weighted by Crippen LogP contribution is 2.34. The highest BCUT2D eigenvalue weighted by Gasteiger charge is 2.48. The van der Waals surface area contributed by atoms with Gasteiger partial charge in [-0.15, -0.1) is 0 Å². The molecule has 2 amide bonds. The molecule has 2 aliphatic rings. The highest BCUT2D eigenvalue weighted by molar-refractivity contribution is 7.08. The van der Waals surface area contributed by atoms with E-state index in [0.717, 1.165) is 24.2 Å². The molecular formula is C18H21N3O2S2. The van der Waals surface area contributed by atoms with E-state index in [1.165, 1.54) is 0 Å². The van der Waals surface area contributed by atoms with Crippen LogP contribution < -0.4 is 4.90 Å². The molecule has 0 unspecified atom stereocenters. The molecule has 0 bridgehead atoms. The second-order valence-electron chi connectivity index (χ2n) is 6.92. The molecule has 1 spiro atoms. The summed E-state index contributed by atoms with van der Waals surface area (Å²) >= 11 is 3.23. The molecule has 0 aliphatic carbocycles. The Morgan fingerprint density at radius 2 is 2.00 bits per heavy atom. The van der Waals surface area contributed by atoms with E-state index in [-0.39, 0.29) is 17.4 Å². The average molecular weight is 376 g/mol. The number of carbonyl (C=O) groups excluding carboxylic acids is 2. The topological polar surface area (TPSA) is 43.9 Å². The molecule has 4 rings (SSSR count). The van der Waals surface area contributed by atoms with Crippen molar-refractivity contribution in [1.82, 2.24) is 9.80 Å². The summed E-state index contributed by atoms with van der Waals surface area (Å²) in [7, 11) is 2.01. The Morgan fingerprint density at radius 1 is 1.20 bits per heavy atom. The predicted molar refractivity (Wildman–Crippen MR) is 101 cm³/mol. The molecule has 0 N–H and O–H groups in total. The molecule has 132 valence electrons. The molecule has 4 heterocycles. The third-order valence-corrected chi connectivity index (χ3v) is 6.78. The molecule has 2 aromatic heterocycles. The zero-order valence-corrected chi connectivity index (χ0v) is 15.8. The number of anilines is 1. The summed E-state index contributed by atoms with van der Waals surface area (Å²) in [6.45, 7) is 2.52. The second-order valence-corrected chi connectivity index (χ2v) is 8.48. The van der Waals surface area contributed by atoms with Crippen LogP contribution in [-0.2, 0) is 16.0 Å². The van der Waals surface area contributed by atoms with Crippen LogP contribution in [-0.4, -0.2) is 60.4 Å². The van der Waals surface area contributed by atoms with Crippen LogP contribution in [0.2, 0.25) is 0 Å². The fourth-order valence-corrected chi connectivity index (χ4v) is 5.11. The van der Waals surface area contributed by atoms with Crippen LogP contribution in [0.4, 0.5) is 5.69 Å². The van der Waals surface area contributed by atoms with Crippen molar-refractivity contribution >= 4 is 40.2 Å². The Kier molecular flexibility index (Phi) is 4.39. The number of likely N-dealkylation sites (N-methyl/N-ethyl adjacent to an activating group) is 1. The number of thiophene rings is 2. The molecule has 2 fully saturated rings. The molecule has 5 nitrogen and oxygen atoms in total. The number of hydrogen-bond acceptors (Lipinski definition) is 5. The van der Waals surface area contributed by atoms with Crippen molar-refractivity contribution in [2.45, 2.75) is 18.4 Å². The largest absolute Gasteiger partial charge is 0.340 e. The van der Waals surface area contributed by atoms with Gasteiger partial charge >= 0.3 is 0 Å². The van der Waals surface area contributed by atoms with Crippen molar-refractivity contribution < 1.29 is 9.59 Å². The van der Waals surface area contributed by atoms with Gasteiger partial charge in [-0.05, 0) is 47.3 Å². The maximum absolute atomic E-state index is 12.7. The van der Waals surface area contributed by atoms with Crippen molar-refractivity contribution in [1.29, 1.82) is 0 Å². The zero-order chi connectivity index (χ0) is 17.4. The number of likely N-dealkylation sites (tertiary alicyclic amines) is 1. The van der Waals surface area contributed by atoms with Crippen molar-refractivity contribution in [3.63, 3.8) is 0 Å². The van der Waals surface area contributed by atoms with Gasteiger partial charge in [-0.3, -0.25) is 14.5 Å². The monoisotopic (exact) mass is 375 g/mol. The molecule has 2 saturated heterocycles. The summed E-state index contributed by atoms with van der Waals surface area (Å²) in [6.07, 6.45) is 1.38. The summed E-state index contributed by atoms with van der Waals surface area (Å²) in [5, 5.41) is 8.06. The van der Waals surface area contributed by atoms with Gasteiger partial charge in [-0.2, -0.15) is 22.7 Å². The lowest BCUT2D eigenvalue weighted by atomic mass is 9.93. The average Bonchev–Trinajstić information content (AvgIpc) is 3.33. The van der Waals surface area contributed by atoms with Crippen LogP contribution in [0.25, 0.3) is 0 Å². The highest BCUT2D eigenvalue weighted by atomic mass is 32.1. The first kappa shape index (κ1) is 16.8. The molecule has 0 radical (unpaired) electrons. The maximum atomic E-state index is 12.7. The number of rotatable bonds is 3. The van der Waals surface area contributed by atoms with Crippen LogP contribution in [0.1, 0.15) is 12.0 Å². The molecule has 1 atom stereocenters. The Bertz CT molecular complexity index is 759. The van der Waals surface area contributed by atoms with Crippen molar-refractivity contribution in [2.75, 3.05) is 38.1 Å². The maximum Gasteiger partial charge on any atom is 0.241 e. The lowest BCUT2D eigenvalue weighted by molar-refractivity contribution is -0.130. The van der Waals surface area contributed by atoms with Crippen LogP contribution in [0, 0.1) is 0 Å². The molecule has 0 saturated carbocycles. The Balaban J connectivity index is 1.49. The van der Waals surface area contributed by atoms with Gasteiger partial charge in [0.15, 0.2) is 0 Å². The quantitative estimate of drug-likeness (QED) is 0.827. The number of piperazine rings is 1. The predicted octanol–water partition coefficient (Wildman–Crippen LogP) is 2.30. The van der Waals surface area contributed by atoms with Gasteiger partial charge in [-0.1, -0.05) is 0 Å². The minimum atomic E-state index is -0.139. The number of carbonyl (C=O) groups is 2. The summed E-state index contributed by atoms with van der Waals surface area (Å²) in [4.78, 5) is 31.1. The minimum absolute atomic E-state index is 0.134. The van der Waals surface area contributed by atoms with Gasteiger partial charge in [0.1, 0.15) is 0 Å². The third kappa shape index (κ3) is 3.12. The summed E-state index contributed by atoms with van der Waals surface area (Å²) < 4.78 is 0. The standard InChI is InChI=1S/C18H21N3O2S2/c1-19-9-17(23)21(15-3-7-25-11-15)13-18(19)4-5-20(12-18)16(22)8-14-2-6-24-10-14/h2-3,6-7,10-11H,4-5,8-9,12-13H2,1H3/t18-/m0/s1. The first-order chi connectivity index (χ1) is 12.1. The van der Waals surface area contributed by atoms with Gasteiger partial charge < -0.3 is 9.80 Å². The van der Waals surface area contributed by atoms with Gasteiger partial charge in [-0.25, -0.2) is 0 Å². The van der Waals surface area contributed by atoms with Gasteiger partial charge in [0, 0.05) is 25.0 Å². The Morgan fingerprint density at radius 3 is 2.72 bits per heavy atom. The zero-order valence-electron chi connectivity index (χ0n) is 14.2. The number of hydrogen-bond donors (Lipinski definition) is 0. The van der Waals surface area contributed by atoms with Crippen molar-refractivity contribution in [3.8, 4) is 0 Å². The first-order valence-corrected chi connectivity index (χ1v) is 10.3. The van der Waals surface area contributed by atoms with Gasteiger partial charge in [0.25, 0.3) is 0 Å². The third-order valence-electron chi connectivity index (χ3n) is 5.37. The van der Waals surface area contributed by atoms with E-state index in [2.05, 4.69) is 4.90 Å². The molecule has 25 heavy (non-hydrogen) atoms. The molecule has 2 aromatic rings. The van der Waals surface area contributed by atoms with Gasteiger partial charge in [0.05, 0.1) is 24.2 Å². The summed E-state index contributed by atoms with van der Waals surface area (Å²) in [5.41, 5.74) is 1.92. The minimum Gasteiger partial charge on any atom is -0.340 e. The van der Waals surface area contributed by atoms with Crippen molar-refractivity contribution in [3.05, 3.63) is 39.2 Å². The number of nitrogens with zero attached hydrogens (tertiary/aromatic N) is 3. The van der Waals surface area contributed by atoms with Crippen LogP contribution in [0.3, 0.4) is 0 Å². The van der Waals surface area contributed by atoms with E-state index in [4.69, 9.17) is 0 Å². The van der Waals surface area contributed by atoms with E-state index in [9.17, 15) is 9.59 Å². The smallest absolute Gasteiger partial charge is 0.241 e. The normalized spacial score (nSPS) is 24.4. The number of amides is 2. The lowest BCUT2D eigenvalue weighted by Gasteiger charge is -2.46. The van der Waals surface area contributed by atoms with Crippen LogP contribution >= 0.6 is 22.7 Å². The fourth-order valence-electron chi connectivity index (χ4n) is 3.79. The van der Waals surface area contributed by atoms with Crippen molar-refractivity contribution in [2.24, 2.45) is 0 Å². The van der Waals surface area contributed by atoms with Crippen LogP contribution in [0.5, 0.6) is 0 Å². The molecule has 7 heteroatoms. The van der Waals surface area contributed by atoms with E-state index < -0.39 is 0 Å². The summed E-state index contributed by atoms with van der Waals surface area (Å²) in [6, 6.07) is 4.01. The van der Waals surface area contributed by atoms with Crippen LogP contribution in [0.15, 0.2) is 33.7 Å². The molecular weight excluding hydrogens is 354 g/mol. The van der Waals surface area contributed by atoms with E-state index in [0.29, 0.717) is 26.1 Å².